The number of carbonyl (C=O) groups is 1. The van der Waals surface area contributed by atoms with Gasteiger partial charge < -0.3 is 10.6 Å². The van der Waals surface area contributed by atoms with Crippen molar-refractivity contribution in [3.05, 3.63) is 35.4 Å². The van der Waals surface area contributed by atoms with Crippen molar-refractivity contribution in [3.63, 3.8) is 0 Å². The van der Waals surface area contributed by atoms with Crippen LogP contribution in [0.15, 0.2) is 24.3 Å². The monoisotopic (exact) mass is 232 g/mol. The van der Waals surface area contributed by atoms with Gasteiger partial charge in [-0.3, -0.25) is 4.79 Å². The highest BCUT2D eigenvalue weighted by Crippen LogP contribution is 2.14. The molecule has 92 valence electrons. The van der Waals surface area contributed by atoms with Crippen molar-refractivity contribution in [2.24, 2.45) is 0 Å². The van der Waals surface area contributed by atoms with Gasteiger partial charge in [0.15, 0.2) is 0 Å². The molecule has 1 heterocycles. The Hall–Kier alpha value is -1.35. The zero-order valence-electron chi connectivity index (χ0n) is 10.5. The maximum atomic E-state index is 11.9. The molecule has 1 saturated heterocycles. The Kier molecular flexibility index (Phi) is 3.79. The zero-order chi connectivity index (χ0) is 12.3. The van der Waals surface area contributed by atoms with Crippen molar-refractivity contribution in [3.8, 4) is 0 Å². The average molecular weight is 232 g/mol. The van der Waals surface area contributed by atoms with Crippen LogP contribution in [0.5, 0.6) is 0 Å². The quantitative estimate of drug-likeness (QED) is 0.836. The van der Waals surface area contributed by atoms with E-state index in [-0.39, 0.29) is 18.0 Å². The van der Waals surface area contributed by atoms with E-state index in [1.54, 1.807) is 0 Å². The molecule has 2 rings (SSSR count). The van der Waals surface area contributed by atoms with Gasteiger partial charge in [-0.2, -0.15) is 0 Å². The summed E-state index contributed by atoms with van der Waals surface area (Å²) in [6.45, 7) is 5.05. The minimum Gasteiger partial charge on any atom is -0.348 e. The zero-order valence-corrected chi connectivity index (χ0v) is 10.5. The highest BCUT2D eigenvalue weighted by Gasteiger charge is 2.23. The van der Waals surface area contributed by atoms with E-state index in [9.17, 15) is 4.79 Å². The second-order valence-electron chi connectivity index (χ2n) is 4.79. The lowest BCUT2D eigenvalue weighted by Crippen LogP contribution is -2.41. The van der Waals surface area contributed by atoms with Crippen LogP contribution >= 0.6 is 0 Å². The molecule has 3 nitrogen and oxygen atoms in total. The molecule has 1 aliphatic rings. The highest BCUT2D eigenvalue weighted by atomic mass is 16.2. The molecule has 1 aromatic rings. The molecular formula is C14H20N2O. The summed E-state index contributed by atoms with van der Waals surface area (Å²) in [6.07, 6.45) is 2.04. The summed E-state index contributed by atoms with van der Waals surface area (Å²) in [5.41, 5.74) is 2.39. The molecule has 0 aliphatic carbocycles. The lowest BCUT2D eigenvalue weighted by Gasteiger charge is -2.18. The Morgan fingerprint density at radius 3 is 3.00 bits per heavy atom. The van der Waals surface area contributed by atoms with Crippen molar-refractivity contribution in [2.45, 2.75) is 38.8 Å². The predicted molar refractivity (Wildman–Crippen MR) is 68.8 cm³/mol. The van der Waals surface area contributed by atoms with Crippen molar-refractivity contribution < 1.29 is 4.79 Å². The summed E-state index contributed by atoms with van der Waals surface area (Å²) in [5, 5.41) is 6.28. The lowest BCUT2D eigenvalue weighted by molar-refractivity contribution is -0.123. The van der Waals surface area contributed by atoms with E-state index in [0.717, 1.165) is 24.9 Å². The molecule has 1 unspecified atom stereocenters. The van der Waals surface area contributed by atoms with Gasteiger partial charge in [-0.25, -0.2) is 0 Å². The Morgan fingerprint density at radius 1 is 1.53 bits per heavy atom. The molecule has 0 spiro atoms. The number of nitrogens with one attached hydrogen (secondary N) is 2. The summed E-state index contributed by atoms with van der Waals surface area (Å²) in [5.74, 6) is 0.122. The molecule has 17 heavy (non-hydrogen) atoms. The Morgan fingerprint density at radius 2 is 2.35 bits per heavy atom. The maximum Gasteiger partial charge on any atom is 0.237 e. The summed E-state index contributed by atoms with van der Waals surface area (Å²) < 4.78 is 0. The van der Waals surface area contributed by atoms with Crippen LogP contribution in [0.25, 0.3) is 0 Å². The van der Waals surface area contributed by atoms with Crippen molar-refractivity contribution in [1.82, 2.24) is 10.6 Å². The van der Waals surface area contributed by atoms with Gasteiger partial charge in [0, 0.05) is 0 Å². The molecule has 1 fully saturated rings. The van der Waals surface area contributed by atoms with E-state index < -0.39 is 0 Å². The van der Waals surface area contributed by atoms with Crippen LogP contribution in [0, 0.1) is 6.92 Å². The molecule has 1 amide bonds. The summed E-state index contributed by atoms with van der Waals surface area (Å²) in [4.78, 5) is 11.9. The fraction of sp³-hybridized carbons (Fsp3) is 0.500. The summed E-state index contributed by atoms with van der Waals surface area (Å²) in [6, 6.07) is 8.34. The fourth-order valence-corrected chi connectivity index (χ4v) is 2.25. The molecule has 0 aromatic heterocycles. The second kappa shape index (κ2) is 5.32. The first-order chi connectivity index (χ1) is 8.16. The van der Waals surface area contributed by atoms with Crippen LogP contribution in [0.2, 0.25) is 0 Å². The summed E-state index contributed by atoms with van der Waals surface area (Å²) >= 11 is 0. The number of hydrogen-bond acceptors (Lipinski definition) is 2. The number of amides is 1. The van der Waals surface area contributed by atoms with Crippen molar-refractivity contribution in [1.29, 1.82) is 0 Å². The number of carbonyl (C=O) groups excluding carboxylic acids is 1. The molecular weight excluding hydrogens is 212 g/mol. The second-order valence-corrected chi connectivity index (χ2v) is 4.79. The van der Waals surface area contributed by atoms with Crippen molar-refractivity contribution in [2.75, 3.05) is 6.54 Å². The minimum absolute atomic E-state index is 0.00209. The third-order valence-corrected chi connectivity index (χ3v) is 3.28. The van der Waals surface area contributed by atoms with Gasteiger partial charge in [-0.15, -0.1) is 0 Å². The van der Waals surface area contributed by atoms with Gasteiger partial charge in [0.2, 0.25) is 5.91 Å². The van der Waals surface area contributed by atoms with Crippen LogP contribution in [-0.2, 0) is 4.79 Å². The maximum absolute atomic E-state index is 11.9. The molecule has 0 saturated carbocycles. The van der Waals surface area contributed by atoms with Gasteiger partial charge in [0.25, 0.3) is 0 Å². The van der Waals surface area contributed by atoms with Crippen LogP contribution < -0.4 is 10.6 Å². The van der Waals surface area contributed by atoms with Gasteiger partial charge >= 0.3 is 0 Å². The molecule has 0 radical (unpaired) electrons. The number of rotatable bonds is 3. The van der Waals surface area contributed by atoms with Crippen LogP contribution in [-0.4, -0.2) is 18.5 Å². The smallest absolute Gasteiger partial charge is 0.237 e. The topological polar surface area (TPSA) is 41.1 Å². The van der Waals surface area contributed by atoms with Gasteiger partial charge in [-0.1, -0.05) is 29.8 Å². The largest absolute Gasteiger partial charge is 0.348 e. The van der Waals surface area contributed by atoms with Crippen LogP contribution in [0.3, 0.4) is 0 Å². The molecule has 2 N–H and O–H groups in total. The molecule has 0 bridgehead atoms. The number of aryl methyl sites for hydroxylation is 1. The molecule has 1 aromatic carbocycles. The Bertz CT molecular complexity index is 397. The summed E-state index contributed by atoms with van der Waals surface area (Å²) in [7, 11) is 0. The van der Waals surface area contributed by atoms with E-state index in [1.165, 1.54) is 5.56 Å². The molecule has 3 heteroatoms. The van der Waals surface area contributed by atoms with Crippen LogP contribution in [0.4, 0.5) is 0 Å². The van der Waals surface area contributed by atoms with E-state index in [2.05, 4.69) is 35.8 Å². The van der Waals surface area contributed by atoms with Gasteiger partial charge in [-0.05, 0) is 38.8 Å². The fourth-order valence-electron chi connectivity index (χ4n) is 2.25. The number of benzene rings is 1. The predicted octanol–water partition coefficient (Wildman–Crippen LogP) is 1.92. The van der Waals surface area contributed by atoms with E-state index in [4.69, 9.17) is 0 Å². The Labute approximate surface area is 103 Å². The first-order valence-corrected chi connectivity index (χ1v) is 6.27. The number of hydrogen-bond donors (Lipinski definition) is 2. The van der Waals surface area contributed by atoms with E-state index >= 15 is 0 Å². The van der Waals surface area contributed by atoms with E-state index in [1.807, 2.05) is 13.0 Å². The Balaban J connectivity index is 1.96. The third-order valence-electron chi connectivity index (χ3n) is 3.28. The van der Waals surface area contributed by atoms with Gasteiger partial charge in [0.05, 0.1) is 12.1 Å². The standard InChI is InChI=1S/C14H20N2O/c1-10-5-3-6-12(9-10)11(2)16-14(17)13-7-4-8-15-13/h3,5-6,9,11,13,15H,4,7-8H2,1-2H3,(H,16,17)/t11-,13?/m1/s1. The normalized spacial score (nSPS) is 21.2. The van der Waals surface area contributed by atoms with Crippen LogP contribution in [0.1, 0.15) is 36.9 Å². The first-order valence-electron chi connectivity index (χ1n) is 6.27. The minimum atomic E-state index is 0.00209. The average Bonchev–Trinajstić information content (AvgIpc) is 2.82. The molecule has 2 atom stereocenters. The van der Waals surface area contributed by atoms with Crippen molar-refractivity contribution >= 4 is 5.91 Å². The highest BCUT2D eigenvalue weighted by molar-refractivity contribution is 5.82. The molecule has 1 aliphatic heterocycles. The SMILES string of the molecule is Cc1cccc([C@@H](C)NC(=O)C2CCCN2)c1. The third kappa shape index (κ3) is 3.07. The van der Waals surface area contributed by atoms with Gasteiger partial charge in [0.1, 0.15) is 0 Å². The lowest BCUT2D eigenvalue weighted by atomic mass is 10.1. The first kappa shape index (κ1) is 12.1. The van der Waals surface area contributed by atoms with E-state index in [0.29, 0.717) is 0 Å².